The van der Waals surface area contributed by atoms with E-state index in [-0.39, 0.29) is 11.9 Å². The third kappa shape index (κ3) is 6.17. The van der Waals surface area contributed by atoms with Crippen molar-refractivity contribution in [3.8, 4) is 0 Å². The number of carbonyl (C=O) groups is 1. The number of nitrogens with zero attached hydrogens (tertiary/aromatic N) is 2. The predicted octanol–water partition coefficient (Wildman–Crippen LogP) is 3.20. The highest BCUT2D eigenvalue weighted by molar-refractivity contribution is 7.89. The van der Waals surface area contributed by atoms with Gasteiger partial charge in [0.25, 0.3) is 0 Å². The van der Waals surface area contributed by atoms with Crippen molar-refractivity contribution in [2.45, 2.75) is 55.6 Å². The zero-order valence-electron chi connectivity index (χ0n) is 19.9. The van der Waals surface area contributed by atoms with E-state index in [4.69, 9.17) is 4.74 Å². The minimum absolute atomic E-state index is 0.0327. The number of methoxy groups -OCH3 is 1. The van der Waals surface area contributed by atoms with E-state index < -0.39 is 10.0 Å². The second-order valence-electron chi connectivity index (χ2n) is 9.17. The van der Waals surface area contributed by atoms with Gasteiger partial charge in [-0.1, -0.05) is 30.3 Å². The first-order chi connectivity index (χ1) is 16.5. The summed E-state index contributed by atoms with van der Waals surface area (Å²) in [4.78, 5) is 15.0. The summed E-state index contributed by atoms with van der Waals surface area (Å²) in [6, 6.07) is 16.9. The Morgan fingerprint density at radius 1 is 1.00 bits per heavy atom. The second-order valence-corrected chi connectivity index (χ2v) is 11.1. The van der Waals surface area contributed by atoms with E-state index in [0.717, 1.165) is 50.0 Å². The van der Waals surface area contributed by atoms with Crippen molar-refractivity contribution >= 4 is 21.6 Å². The van der Waals surface area contributed by atoms with E-state index in [0.29, 0.717) is 36.9 Å². The lowest BCUT2D eigenvalue weighted by molar-refractivity contribution is -0.122. The standard InChI is InChI=1S/C26H35N3O4S/c1-33-24-15-18-28(19-16-24)23-10-12-25(13-11-23)34(31,32)29-17-5-8-22(20-29)27-26(30)14-9-21-6-3-2-4-7-21/h2-4,6-7,10-13,22,24H,5,8-9,14-20H2,1H3,(H,27,30). The number of nitrogens with one attached hydrogen (secondary N) is 1. The van der Waals surface area contributed by atoms with Crippen LogP contribution in [0.1, 0.15) is 37.7 Å². The van der Waals surface area contributed by atoms with Gasteiger partial charge in [-0.05, 0) is 61.9 Å². The lowest BCUT2D eigenvalue weighted by atomic mass is 10.1. The zero-order valence-corrected chi connectivity index (χ0v) is 20.7. The average Bonchev–Trinajstić information content (AvgIpc) is 2.88. The molecule has 7 nitrogen and oxygen atoms in total. The van der Waals surface area contributed by atoms with E-state index in [2.05, 4.69) is 10.2 Å². The Bertz CT molecular complexity index is 1040. The molecule has 0 saturated carbocycles. The van der Waals surface area contributed by atoms with Gasteiger partial charge in [-0.2, -0.15) is 4.31 Å². The van der Waals surface area contributed by atoms with E-state index in [1.807, 2.05) is 42.5 Å². The molecule has 1 atom stereocenters. The van der Waals surface area contributed by atoms with Gasteiger partial charge in [-0.3, -0.25) is 4.79 Å². The first kappa shape index (κ1) is 24.7. The fraction of sp³-hybridized carbons (Fsp3) is 0.500. The molecule has 184 valence electrons. The van der Waals surface area contributed by atoms with Gasteiger partial charge >= 0.3 is 0 Å². The van der Waals surface area contributed by atoms with Crippen LogP contribution in [0.2, 0.25) is 0 Å². The highest BCUT2D eigenvalue weighted by atomic mass is 32.2. The average molecular weight is 486 g/mol. The van der Waals surface area contributed by atoms with Crippen LogP contribution in [0.3, 0.4) is 0 Å². The molecule has 0 spiro atoms. The smallest absolute Gasteiger partial charge is 0.243 e. The molecule has 0 aliphatic carbocycles. The van der Waals surface area contributed by atoms with Crippen molar-refractivity contribution in [2.75, 3.05) is 38.2 Å². The summed E-state index contributed by atoms with van der Waals surface area (Å²) in [6.45, 7) is 2.60. The molecule has 2 heterocycles. The number of sulfonamides is 1. The summed E-state index contributed by atoms with van der Waals surface area (Å²) in [7, 11) is -1.85. The van der Waals surface area contributed by atoms with Crippen LogP contribution in [0.15, 0.2) is 59.5 Å². The van der Waals surface area contributed by atoms with Crippen molar-refractivity contribution in [3.05, 3.63) is 60.2 Å². The number of benzene rings is 2. The molecule has 8 heteroatoms. The quantitative estimate of drug-likeness (QED) is 0.621. The van der Waals surface area contributed by atoms with Crippen LogP contribution in [-0.2, 0) is 26.0 Å². The molecule has 1 N–H and O–H groups in total. The van der Waals surface area contributed by atoms with E-state index in [1.54, 1.807) is 19.2 Å². The number of ether oxygens (including phenoxy) is 1. The maximum atomic E-state index is 13.3. The topological polar surface area (TPSA) is 79.0 Å². The SMILES string of the molecule is COC1CCN(c2ccc(S(=O)(=O)N3CCCC(NC(=O)CCc4ccccc4)C3)cc2)CC1. The monoisotopic (exact) mass is 485 g/mol. The lowest BCUT2D eigenvalue weighted by Crippen LogP contribution is -2.49. The molecule has 1 unspecified atom stereocenters. The number of carbonyl (C=O) groups excluding carboxylic acids is 1. The fourth-order valence-corrected chi connectivity index (χ4v) is 6.33. The lowest BCUT2D eigenvalue weighted by Gasteiger charge is -2.33. The molecule has 2 aromatic carbocycles. The van der Waals surface area contributed by atoms with Crippen LogP contribution in [-0.4, -0.2) is 64.1 Å². The van der Waals surface area contributed by atoms with Gasteiger partial charge < -0.3 is 15.0 Å². The first-order valence-electron chi connectivity index (χ1n) is 12.2. The van der Waals surface area contributed by atoms with Crippen LogP contribution in [0.25, 0.3) is 0 Å². The Balaban J connectivity index is 1.32. The highest BCUT2D eigenvalue weighted by Crippen LogP contribution is 2.26. The van der Waals surface area contributed by atoms with Gasteiger partial charge in [0.05, 0.1) is 11.0 Å². The van der Waals surface area contributed by atoms with E-state index in [9.17, 15) is 13.2 Å². The molecule has 0 radical (unpaired) electrons. The highest BCUT2D eigenvalue weighted by Gasteiger charge is 2.31. The maximum Gasteiger partial charge on any atom is 0.243 e. The molecule has 0 aromatic heterocycles. The van der Waals surface area contributed by atoms with Gasteiger partial charge in [0, 0.05) is 51.4 Å². The molecule has 2 aliphatic rings. The maximum absolute atomic E-state index is 13.3. The predicted molar refractivity (Wildman–Crippen MR) is 133 cm³/mol. The van der Waals surface area contributed by atoms with E-state index in [1.165, 1.54) is 4.31 Å². The van der Waals surface area contributed by atoms with Crippen molar-refractivity contribution in [1.29, 1.82) is 0 Å². The number of rotatable bonds is 8. The molecule has 1 amide bonds. The first-order valence-corrected chi connectivity index (χ1v) is 13.6. The number of piperidine rings is 2. The Labute approximate surface area is 203 Å². The number of amides is 1. The zero-order chi connectivity index (χ0) is 24.0. The van der Waals surface area contributed by atoms with Crippen molar-refractivity contribution in [2.24, 2.45) is 0 Å². The Kier molecular flexibility index (Phi) is 8.24. The second kappa shape index (κ2) is 11.3. The van der Waals surface area contributed by atoms with Gasteiger partial charge in [0.1, 0.15) is 0 Å². The Morgan fingerprint density at radius 3 is 2.38 bits per heavy atom. The van der Waals surface area contributed by atoms with Gasteiger partial charge in [-0.15, -0.1) is 0 Å². The van der Waals surface area contributed by atoms with Gasteiger partial charge in [0.15, 0.2) is 0 Å². The normalized spacial score (nSPS) is 20.3. The molecule has 2 saturated heterocycles. The van der Waals surface area contributed by atoms with Crippen LogP contribution >= 0.6 is 0 Å². The van der Waals surface area contributed by atoms with Crippen molar-refractivity contribution < 1.29 is 17.9 Å². The summed E-state index contributed by atoms with van der Waals surface area (Å²) < 4.78 is 33.5. The molecule has 4 rings (SSSR count). The minimum atomic E-state index is -3.60. The Morgan fingerprint density at radius 2 is 1.71 bits per heavy atom. The fourth-order valence-electron chi connectivity index (χ4n) is 4.81. The van der Waals surface area contributed by atoms with Crippen molar-refractivity contribution in [3.63, 3.8) is 0 Å². The minimum Gasteiger partial charge on any atom is -0.381 e. The molecule has 34 heavy (non-hydrogen) atoms. The third-order valence-electron chi connectivity index (χ3n) is 6.85. The summed E-state index contributed by atoms with van der Waals surface area (Å²) in [5.41, 5.74) is 2.16. The number of anilines is 1. The molecule has 0 bridgehead atoms. The largest absolute Gasteiger partial charge is 0.381 e. The van der Waals surface area contributed by atoms with Crippen LogP contribution in [0.5, 0.6) is 0 Å². The Hall–Kier alpha value is -2.42. The van der Waals surface area contributed by atoms with Crippen LogP contribution < -0.4 is 10.2 Å². The molecule has 2 fully saturated rings. The molecular formula is C26H35N3O4S. The van der Waals surface area contributed by atoms with E-state index >= 15 is 0 Å². The molecular weight excluding hydrogens is 450 g/mol. The van der Waals surface area contributed by atoms with Crippen LogP contribution in [0, 0.1) is 0 Å². The van der Waals surface area contributed by atoms with Gasteiger partial charge in [0.2, 0.25) is 15.9 Å². The number of hydrogen-bond donors (Lipinski definition) is 1. The summed E-state index contributed by atoms with van der Waals surface area (Å²) >= 11 is 0. The summed E-state index contributed by atoms with van der Waals surface area (Å²) in [5.74, 6) is -0.0327. The van der Waals surface area contributed by atoms with Gasteiger partial charge in [-0.25, -0.2) is 8.42 Å². The molecule has 2 aromatic rings. The summed E-state index contributed by atoms with van der Waals surface area (Å²) in [5, 5.41) is 3.04. The number of hydrogen-bond acceptors (Lipinski definition) is 5. The van der Waals surface area contributed by atoms with Crippen LogP contribution in [0.4, 0.5) is 5.69 Å². The third-order valence-corrected chi connectivity index (χ3v) is 8.73. The number of aryl methyl sites for hydroxylation is 1. The molecule has 2 aliphatic heterocycles. The van der Waals surface area contributed by atoms with Crippen molar-refractivity contribution in [1.82, 2.24) is 9.62 Å². The summed E-state index contributed by atoms with van der Waals surface area (Å²) in [6.07, 6.45) is 4.86.